The number of ether oxygens (including phenoxy) is 9. The molecule has 0 aromatic rings. The minimum absolute atomic E-state index is 0.0959. The molecule has 25 heteroatoms. The first-order chi connectivity index (χ1) is 35.9. The van der Waals surface area contributed by atoms with E-state index in [0.29, 0.717) is 37.5 Å². The van der Waals surface area contributed by atoms with Crippen molar-refractivity contribution in [1.29, 1.82) is 0 Å². The van der Waals surface area contributed by atoms with Crippen LogP contribution >= 0.6 is 0 Å². The van der Waals surface area contributed by atoms with E-state index in [1.807, 2.05) is 6.92 Å². The molecule has 25 nitrogen and oxygen atoms in total. The lowest BCUT2D eigenvalue weighted by Gasteiger charge is -2.62. The van der Waals surface area contributed by atoms with Gasteiger partial charge in [0.05, 0.1) is 51.3 Å². The third kappa shape index (κ3) is 10.6. The number of rotatable bonds is 16. The van der Waals surface area contributed by atoms with Gasteiger partial charge in [-0.2, -0.15) is 0 Å². The quantitative estimate of drug-likeness (QED) is 0.0644. The molecule has 0 aromatic heterocycles. The zero-order valence-corrected chi connectivity index (χ0v) is 43.5. The number of hydrogen-bond acceptors (Lipinski definition) is 25. The molecular formula is C51H86O25. The average Bonchev–Trinajstić information content (AvgIpc) is 3.94. The molecule has 0 spiro atoms. The fourth-order valence-corrected chi connectivity index (χ4v) is 15.7. The van der Waals surface area contributed by atoms with Gasteiger partial charge in [0.2, 0.25) is 0 Å². The highest BCUT2D eigenvalue weighted by molar-refractivity contribution is 5.15. The lowest BCUT2D eigenvalue weighted by atomic mass is 9.44. The van der Waals surface area contributed by atoms with Gasteiger partial charge < -0.3 is 124 Å². The lowest BCUT2D eigenvalue weighted by Crippen LogP contribution is -2.67. The van der Waals surface area contributed by atoms with Gasteiger partial charge in [-0.05, 0) is 97.7 Å². The Morgan fingerprint density at radius 2 is 1.08 bits per heavy atom. The summed E-state index contributed by atoms with van der Waals surface area (Å²) >= 11 is 0. The summed E-state index contributed by atoms with van der Waals surface area (Å²) in [6, 6.07) is 0. The Labute approximate surface area is 441 Å². The van der Waals surface area contributed by atoms with Gasteiger partial charge in [0.1, 0.15) is 97.7 Å². The molecule has 5 saturated heterocycles. The molecule has 4 saturated carbocycles. The first-order valence-electron chi connectivity index (χ1n) is 27.5. The third-order valence-corrected chi connectivity index (χ3v) is 20.1. The molecule has 0 aromatic carbocycles. The summed E-state index contributed by atoms with van der Waals surface area (Å²) in [6.45, 7) is 5.77. The molecule has 440 valence electrons. The van der Waals surface area contributed by atoms with Gasteiger partial charge in [0.25, 0.3) is 0 Å². The fraction of sp³-hybridized carbons (Fsp3) is 1.00. The summed E-state index contributed by atoms with van der Waals surface area (Å²) in [7, 11) is 0. The van der Waals surface area contributed by atoms with Crippen molar-refractivity contribution < 1.29 is 124 Å². The van der Waals surface area contributed by atoms with E-state index in [1.54, 1.807) is 0 Å². The summed E-state index contributed by atoms with van der Waals surface area (Å²) in [5.74, 6) is -0.406. The molecule has 0 amide bonds. The Bertz CT molecular complexity index is 1910. The highest BCUT2D eigenvalue weighted by Crippen LogP contribution is 2.71. The monoisotopic (exact) mass is 1100 g/mol. The van der Waals surface area contributed by atoms with Crippen LogP contribution in [0.15, 0.2) is 0 Å². The Kier molecular flexibility index (Phi) is 18.3. The van der Waals surface area contributed by atoms with Crippen LogP contribution < -0.4 is 0 Å². The molecule has 5 heterocycles. The van der Waals surface area contributed by atoms with Gasteiger partial charge in [-0.3, -0.25) is 0 Å². The molecule has 9 rings (SSSR count). The molecule has 0 bridgehead atoms. The Hall–Kier alpha value is -1.00. The van der Waals surface area contributed by atoms with E-state index in [2.05, 4.69) is 20.8 Å². The third-order valence-electron chi connectivity index (χ3n) is 20.1. The van der Waals surface area contributed by atoms with Crippen LogP contribution in [0.5, 0.6) is 0 Å². The molecule has 4 aliphatic carbocycles. The molecule has 33 atom stereocenters. The zero-order chi connectivity index (χ0) is 55.1. The van der Waals surface area contributed by atoms with Gasteiger partial charge in [-0.25, -0.2) is 0 Å². The predicted molar refractivity (Wildman–Crippen MR) is 253 cm³/mol. The molecular weight excluding hydrogens is 1010 g/mol. The van der Waals surface area contributed by atoms with Crippen molar-refractivity contribution >= 4 is 0 Å². The van der Waals surface area contributed by atoms with Gasteiger partial charge in [-0.1, -0.05) is 27.7 Å². The van der Waals surface area contributed by atoms with E-state index in [9.17, 15) is 81.7 Å². The van der Waals surface area contributed by atoms with E-state index < -0.39 is 167 Å². The van der Waals surface area contributed by atoms with Crippen molar-refractivity contribution in [2.24, 2.45) is 52.3 Å². The van der Waals surface area contributed by atoms with Crippen LogP contribution in [-0.2, 0) is 42.6 Å². The van der Waals surface area contributed by atoms with Crippen LogP contribution in [0.2, 0.25) is 0 Å². The van der Waals surface area contributed by atoms with Crippen LogP contribution in [0.4, 0.5) is 0 Å². The molecule has 76 heavy (non-hydrogen) atoms. The van der Waals surface area contributed by atoms with Crippen molar-refractivity contribution in [3.05, 3.63) is 0 Å². The number of aliphatic hydroxyl groups is 16. The first kappa shape index (κ1) is 59.6. The molecule has 16 N–H and O–H groups in total. The second-order valence-corrected chi connectivity index (χ2v) is 24.4. The van der Waals surface area contributed by atoms with E-state index >= 15 is 0 Å². The second kappa shape index (κ2) is 23.3. The van der Waals surface area contributed by atoms with Crippen LogP contribution in [0.1, 0.15) is 85.5 Å². The SMILES string of the molecule is C[C@H](CCC1(O)O[C@H]2C[C@H]3[C@@H]4CC[C@H]5C[C@@H](O[C@@H]6O[C@H](CO)[C@H](O[C@@H]7O[C@H](CO)[C@@H](O)[C@H](O)[C@H]7O[C@@H]7O[C@H](CO)[C@@H](O)[C@H](O)[C@H]7O)[C@H](O)[C@H]6O)[C@H](O)C[C@]5(C)[C@H]4CC[C@]3(C)[C@H]2[C@@H]1C)CO[C@@H]1O[C@H](CO)[C@@H](O)[C@H](O)[C@H]1O. The lowest BCUT2D eigenvalue weighted by molar-refractivity contribution is -0.391. The number of fused-ring (bicyclic) bond motifs is 7. The minimum atomic E-state index is -1.94. The molecule has 9 aliphatic rings. The summed E-state index contributed by atoms with van der Waals surface area (Å²) in [5.41, 5.74) is -0.363. The predicted octanol–water partition coefficient (Wildman–Crippen LogP) is -4.98. The maximum atomic E-state index is 12.1. The Morgan fingerprint density at radius 3 is 1.71 bits per heavy atom. The van der Waals surface area contributed by atoms with Crippen LogP contribution in [0.3, 0.4) is 0 Å². The van der Waals surface area contributed by atoms with E-state index in [4.69, 9.17) is 42.6 Å². The smallest absolute Gasteiger partial charge is 0.187 e. The average molecular weight is 1100 g/mol. The second-order valence-electron chi connectivity index (χ2n) is 24.4. The van der Waals surface area contributed by atoms with Crippen LogP contribution in [0.25, 0.3) is 0 Å². The highest BCUT2D eigenvalue weighted by Gasteiger charge is 2.69. The van der Waals surface area contributed by atoms with Gasteiger partial charge in [-0.15, -0.1) is 0 Å². The topological polar surface area (TPSA) is 407 Å². The van der Waals surface area contributed by atoms with E-state index in [1.165, 1.54) is 0 Å². The van der Waals surface area contributed by atoms with Gasteiger partial charge in [0, 0.05) is 12.3 Å². The first-order valence-corrected chi connectivity index (χ1v) is 27.5. The van der Waals surface area contributed by atoms with Crippen LogP contribution in [0, 0.1) is 52.3 Å². The van der Waals surface area contributed by atoms with Gasteiger partial charge in [0.15, 0.2) is 30.9 Å². The van der Waals surface area contributed by atoms with Crippen LogP contribution in [-0.4, -0.2) is 262 Å². The summed E-state index contributed by atoms with van der Waals surface area (Å²) < 4.78 is 53.2. The fourth-order valence-electron chi connectivity index (χ4n) is 15.7. The molecule has 5 aliphatic heterocycles. The largest absolute Gasteiger partial charge is 0.394 e. The summed E-state index contributed by atoms with van der Waals surface area (Å²) in [5, 5.41) is 171. The molecule has 9 fully saturated rings. The standard InChI is InChI=1S/C51H86O25/c1-19(18-68-45-40(64)36(60)33(57)28(14-52)70-45)7-10-51(67)20(2)32-27(76-51)12-24-22-6-5-21-11-26(25(56)13-50(21,4)23(22)8-9-49(24,32)3)69-46-42(66)39(63)43(31(17-55)73-46)74-48-44(38(62)35(59)30(16-54)72-48)75-47-41(65)37(61)34(58)29(15-53)71-47/h19-48,52-67H,5-18H2,1-4H3/t19-,20+,21+,22-,23+,24+,25-,26-,27+,28-,29-,30-,31-,32+,33-,34-,35-,36+,37+,38+,39-,40-,41-,42-,43+,44-,45-,46-,47+,48+,49+,50+,51?/m1/s1. The maximum Gasteiger partial charge on any atom is 0.187 e. The Balaban J connectivity index is 0.797. The zero-order valence-electron chi connectivity index (χ0n) is 43.5. The molecule has 0 radical (unpaired) electrons. The Morgan fingerprint density at radius 1 is 0.553 bits per heavy atom. The van der Waals surface area contributed by atoms with E-state index in [-0.39, 0.29) is 53.1 Å². The van der Waals surface area contributed by atoms with Crippen molar-refractivity contribution in [3.63, 3.8) is 0 Å². The summed E-state index contributed by atoms with van der Waals surface area (Å²) in [4.78, 5) is 0. The van der Waals surface area contributed by atoms with E-state index in [0.717, 1.165) is 32.1 Å². The van der Waals surface area contributed by atoms with Crippen molar-refractivity contribution in [2.45, 2.75) is 232 Å². The van der Waals surface area contributed by atoms with Gasteiger partial charge >= 0.3 is 0 Å². The van der Waals surface area contributed by atoms with Crippen molar-refractivity contribution in [2.75, 3.05) is 33.0 Å². The van der Waals surface area contributed by atoms with Crippen molar-refractivity contribution in [1.82, 2.24) is 0 Å². The normalized spacial score (nSPS) is 55.8. The summed E-state index contributed by atoms with van der Waals surface area (Å²) in [6.07, 6.45) is -28.6. The maximum absolute atomic E-state index is 12.1. The van der Waals surface area contributed by atoms with Crippen molar-refractivity contribution in [3.8, 4) is 0 Å². The molecule has 1 unspecified atom stereocenters. The minimum Gasteiger partial charge on any atom is -0.394 e. The number of hydrogen-bond donors (Lipinski definition) is 16. The highest BCUT2D eigenvalue weighted by atomic mass is 16.8. The number of aliphatic hydroxyl groups excluding tert-OH is 15.